The van der Waals surface area contributed by atoms with Crippen LogP contribution in [0, 0.1) is 0 Å². The third-order valence-electron chi connectivity index (χ3n) is 3.76. The van der Waals surface area contributed by atoms with Gasteiger partial charge in [0.2, 0.25) is 5.91 Å². The summed E-state index contributed by atoms with van der Waals surface area (Å²) in [5, 5.41) is 7.48. The van der Waals surface area contributed by atoms with Crippen LogP contribution in [0.3, 0.4) is 0 Å². The molecule has 1 aromatic carbocycles. The molecule has 0 unspecified atom stereocenters. The van der Waals surface area contributed by atoms with Crippen LogP contribution in [0.15, 0.2) is 41.1 Å². The summed E-state index contributed by atoms with van der Waals surface area (Å²) in [6.07, 6.45) is 0.781. The van der Waals surface area contributed by atoms with Crippen LogP contribution in [-0.4, -0.2) is 23.9 Å². The number of thiophene rings is 1. The zero-order valence-electron chi connectivity index (χ0n) is 11.5. The summed E-state index contributed by atoms with van der Waals surface area (Å²) in [5.41, 5.74) is 3.78. The predicted molar refractivity (Wildman–Crippen MR) is 81.6 cm³/mol. The molecule has 2 heterocycles. The molecule has 20 heavy (non-hydrogen) atoms. The van der Waals surface area contributed by atoms with E-state index >= 15 is 0 Å². The summed E-state index contributed by atoms with van der Waals surface area (Å²) >= 11 is 1.67. The van der Waals surface area contributed by atoms with Crippen molar-refractivity contribution >= 4 is 17.2 Å². The first kappa shape index (κ1) is 13.3. The van der Waals surface area contributed by atoms with Crippen molar-refractivity contribution in [3.05, 3.63) is 57.8 Å². The fraction of sp³-hybridized carbons (Fsp3) is 0.312. The van der Waals surface area contributed by atoms with Crippen molar-refractivity contribution in [2.45, 2.75) is 25.6 Å². The van der Waals surface area contributed by atoms with Gasteiger partial charge < -0.3 is 10.2 Å². The highest BCUT2D eigenvalue weighted by molar-refractivity contribution is 7.07. The number of benzene rings is 1. The molecule has 0 saturated carbocycles. The summed E-state index contributed by atoms with van der Waals surface area (Å²) in [7, 11) is 1.88. The summed E-state index contributed by atoms with van der Waals surface area (Å²) in [6, 6.07) is 10.3. The van der Waals surface area contributed by atoms with Crippen LogP contribution >= 0.6 is 11.3 Å². The Balaban J connectivity index is 1.66. The van der Waals surface area contributed by atoms with E-state index in [2.05, 4.69) is 28.9 Å². The molecule has 3 rings (SSSR count). The number of carbonyl (C=O) groups excluding carboxylic acids is 1. The number of hydrogen-bond acceptors (Lipinski definition) is 3. The second kappa shape index (κ2) is 5.77. The van der Waals surface area contributed by atoms with Gasteiger partial charge in [-0.15, -0.1) is 0 Å². The first-order valence-electron chi connectivity index (χ1n) is 6.80. The number of amides is 1. The second-order valence-corrected chi connectivity index (χ2v) is 6.01. The summed E-state index contributed by atoms with van der Waals surface area (Å²) in [4.78, 5) is 14.3. The summed E-state index contributed by atoms with van der Waals surface area (Å²) in [5.74, 6) is 0.172. The lowest BCUT2D eigenvalue weighted by atomic mass is 9.95. The first-order chi connectivity index (χ1) is 9.74. The highest BCUT2D eigenvalue weighted by Gasteiger charge is 2.26. The first-order valence-corrected chi connectivity index (χ1v) is 7.74. The number of rotatable bonds is 3. The van der Waals surface area contributed by atoms with Crippen LogP contribution in [0.1, 0.15) is 16.7 Å². The van der Waals surface area contributed by atoms with Gasteiger partial charge in [-0.3, -0.25) is 4.79 Å². The van der Waals surface area contributed by atoms with E-state index in [0.29, 0.717) is 6.54 Å². The van der Waals surface area contributed by atoms with E-state index in [1.165, 1.54) is 16.7 Å². The van der Waals surface area contributed by atoms with Crippen molar-refractivity contribution in [1.82, 2.24) is 10.2 Å². The van der Waals surface area contributed by atoms with Crippen molar-refractivity contribution < 1.29 is 4.79 Å². The highest BCUT2D eigenvalue weighted by atomic mass is 32.1. The van der Waals surface area contributed by atoms with Gasteiger partial charge in [-0.1, -0.05) is 24.3 Å². The number of hydrogen-bond donors (Lipinski definition) is 1. The Labute approximate surface area is 123 Å². The van der Waals surface area contributed by atoms with Crippen LogP contribution in [0.25, 0.3) is 0 Å². The van der Waals surface area contributed by atoms with Crippen molar-refractivity contribution in [2.75, 3.05) is 7.05 Å². The Bertz CT molecular complexity index is 594. The molecule has 1 amide bonds. The fourth-order valence-corrected chi connectivity index (χ4v) is 3.29. The lowest BCUT2D eigenvalue weighted by Crippen LogP contribution is -2.47. The molecule has 4 heteroatoms. The lowest BCUT2D eigenvalue weighted by Gasteiger charge is -2.29. The van der Waals surface area contributed by atoms with Gasteiger partial charge in [0.15, 0.2) is 0 Å². The molecule has 0 saturated heterocycles. The van der Waals surface area contributed by atoms with E-state index < -0.39 is 0 Å². The van der Waals surface area contributed by atoms with E-state index in [-0.39, 0.29) is 11.9 Å². The largest absolute Gasteiger partial charge is 0.340 e. The maximum absolute atomic E-state index is 12.5. The molecule has 0 spiro atoms. The molecular weight excluding hydrogens is 268 g/mol. The van der Waals surface area contributed by atoms with E-state index in [4.69, 9.17) is 0 Å². The molecule has 1 aliphatic heterocycles. The Kier molecular flexibility index (Phi) is 3.85. The zero-order chi connectivity index (χ0) is 13.9. The average Bonchev–Trinajstić information content (AvgIpc) is 2.99. The van der Waals surface area contributed by atoms with Gasteiger partial charge in [-0.2, -0.15) is 11.3 Å². The van der Waals surface area contributed by atoms with E-state index in [1.54, 1.807) is 11.3 Å². The maximum atomic E-state index is 12.5. The van der Waals surface area contributed by atoms with Gasteiger partial charge in [0.1, 0.15) is 0 Å². The van der Waals surface area contributed by atoms with Gasteiger partial charge in [0.05, 0.1) is 6.04 Å². The number of nitrogens with one attached hydrogen (secondary N) is 1. The molecule has 1 N–H and O–H groups in total. The fourth-order valence-electron chi connectivity index (χ4n) is 2.63. The smallest absolute Gasteiger partial charge is 0.240 e. The molecule has 3 nitrogen and oxygen atoms in total. The van der Waals surface area contributed by atoms with Crippen molar-refractivity contribution in [3.8, 4) is 0 Å². The molecule has 0 radical (unpaired) electrons. The van der Waals surface area contributed by atoms with Crippen molar-refractivity contribution in [1.29, 1.82) is 0 Å². The number of carbonyl (C=O) groups is 1. The maximum Gasteiger partial charge on any atom is 0.240 e. The minimum atomic E-state index is -0.103. The molecular formula is C16H18N2OS. The van der Waals surface area contributed by atoms with Gasteiger partial charge in [-0.25, -0.2) is 0 Å². The number of likely N-dealkylation sites (N-methyl/N-ethyl adjacent to an activating group) is 1. The molecule has 104 valence electrons. The predicted octanol–water partition coefficient (Wildman–Crippen LogP) is 2.42. The van der Waals surface area contributed by atoms with Gasteiger partial charge in [0, 0.05) is 20.1 Å². The molecule has 1 aliphatic rings. The van der Waals surface area contributed by atoms with Crippen molar-refractivity contribution in [2.24, 2.45) is 0 Å². The SMILES string of the molecule is CN(Cc1ccsc1)C(=O)[C@@H]1Cc2ccccc2CN1. The van der Waals surface area contributed by atoms with Gasteiger partial charge in [-0.05, 0) is 39.9 Å². The number of fused-ring (bicyclic) bond motifs is 1. The van der Waals surface area contributed by atoms with Crippen LogP contribution in [0.2, 0.25) is 0 Å². The lowest BCUT2D eigenvalue weighted by molar-refractivity contribution is -0.132. The van der Waals surface area contributed by atoms with Crippen molar-refractivity contribution in [3.63, 3.8) is 0 Å². The third kappa shape index (κ3) is 2.76. The highest BCUT2D eigenvalue weighted by Crippen LogP contribution is 2.18. The molecule has 0 bridgehead atoms. The van der Waals surface area contributed by atoms with Gasteiger partial charge in [0.25, 0.3) is 0 Å². The summed E-state index contributed by atoms with van der Waals surface area (Å²) < 4.78 is 0. The Hall–Kier alpha value is -1.65. The van der Waals surface area contributed by atoms with E-state index in [1.807, 2.05) is 29.5 Å². The van der Waals surface area contributed by atoms with Crippen LogP contribution in [0.5, 0.6) is 0 Å². The number of nitrogens with zero attached hydrogens (tertiary/aromatic N) is 1. The minimum absolute atomic E-state index is 0.103. The van der Waals surface area contributed by atoms with E-state index in [9.17, 15) is 4.79 Å². The minimum Gasteiger partial charge on any atom is -0.340 e. The molecule has 0 aliphatic carbocycles. The Morgan fingerprint density at radius 1 is 1.35 bits per heavy atom. The van der Waals surface area contributed by atoms with E-state index in [0.717, 1.165) is 13.0 Å². The van der Waals surface area contributed by atoms with Crippen LogP contribution in [-0.2, 0) is 24.3 Å². The molecule has 1 atom stereocenters. The molecule has 1 aromatic heterocycles. The second-order valence-electron chi connectivity index (χ2n) is 5.23. The standard InChI is InChI=1S/C16H18N2OS/c1-18(10-12-6-7-20-11-12)16(19)15-8-13-4-2-3-5-14(13)9-17-15/h2-7,11,15,17H,8-10H2,1H3/t15-/m0/s1. The van der Waals surface area contributed by atoms with Gasteiger partial charge >= 0.3 is 0 Å². The zero-order valence-corrected chi connectivity index (χ0v) is 12.3. The summed E-state index contributed by atoms with van der Waals surface area (Å²) in [6.45, 7) is 1.46. The average molecular weight is 286 g/mol. The molecule has 2 aromatic rings. The van der Waals surface area contributed by atoms with Crippen LogP contribution < -0.4 is 5.32 Å². The quantitative estimate of drug-likeness (QED) is 0.940. The normalized spacial score (nSPS) is 17.6. The topological polar surface area (TPSA) is 32.3 Å². The Morgan fingerprint density at radius 2 is 2.15 bits per heavy atom. The molecule has 0 fully saturated rings. The van der Waals surface area contributed by atoms with Crippen LogP contribution in [0.4, 0.5) is 0 Å². The Morgan fingerprint density at radius 3 is 2.90 bits per heavy atom. The monoisotopic (exact) mass is 286 g/mol. The third-order valence-corrected chi connectivity index (χ3v) is 4.49.